The zero-order valence-corrected chi connectivity index (χ0v) is 21.1. The molecule has 36 heavy (non-hydrogen) atoms. The number of fused-ring (bicyclic) bond motifs is 1. The van der Waals surface area contributed by atoms with E-state index in [2.05, 4.69) is 0 Å². The first-order valence-electron chi connectivity index (χ1n) is 11.4. The van der Waals surface area contributed by atoms with E-state index < -0.39 is 36.8 Å². The summed E-state index contributed by atoms with van der Waals surface area (Å²) >= 11 is 0. The molecule has 2 aliphatic heterocycles. The molecule has 0 radical (unpaired) electrons. The second-order valence-corrected chi connectivity index (χ2v) is 8.89. The standard InChI is InChI=1S/C26H32O10/c1-26(2)35-24-21(16(29)12-27)34-23(25(24)36-26)20(13-7-8-17(30-3)15(28)9-13)14-10-18(31-4)22(33-6)19(11-14)32-5/h7-11,16,21,24-25,27-29H,12H2,1-6H3/b23-20+/t16-,21+,24-,25+/m1/s1. The monoisotopic (exact) mass is 504 g/mol. The van der Waals surface area contributed by atoms with Gasteiger partial charge in [0, 0.05) is 5.57 Å². The van der Waals surface area contributed by atoms with Crippen LogP contribution < -0.4 is 18.9 Å². The highest BCUT2D eigenvalue weighted by Crippen LogP contribution is 2.48. The van der Waals surface area contributed by atoms with Gasteiger partial charge in [-0.3, -0.25) is 0 Å². The number of hydrogen-bond donors (Lipinski definition) is 3. The molecule has 2 heterocycles. The van der Waals surface area contributed by atoms with Crippen LogP contribution in [0.3, 0.4) is 0 Å². The molecule has 2 saturated heterocycles. The quantitative estimate of drug-likeness (QED) is 0.494. The molecule has 0 unspecified atom stereocenters. The van der Waals surface area contributed by atoms with Crippen molar-refractivity contribution in [3.05, 3.63) is 47.2 Å². The zero-order chi connectivity index (χ0) is 26.2. The topological polar surface area (TPSA) is 125 Å². The van der Waals surface area contributed by atoms with Gasteiger partial charge in [0.05, 0.1) is 35.0 Å². The summed E-state index contributed by atoms with van der Waals surface area (Å²) < 4.78 is 40.3. The predicted octanol–water partition coefficient (Wildman–Crippen LogP) is 2.46. The molecule has 0 saturated carbocycles. The van der Waals surface area contributed by atoms with Crippen LogP contribution in [0.1, 0.15) is 25.0 Å². The smallest absolute Gasteiger partial charge is 0.203 e. The second-order valence-electron chi connectivity index (χ2n) is 8.89. The molecular weight excluding hydrogens is 472 g/mol. The summed E-state index contributed by atoms with van der Waals surface area (Å²) in [4.78, 5) is 0. The van der Waals surface area contributed by atoms with E-state index >= 15 is 0 Å². The number of aliphatic hydroxyl groups excluding tert-OH is 2. The Balaban J connectivity index is 2.00. The fourth-order valence-corrected chi connectivity index (χ4v) is 4.64. The molecule has 2 aliphatic rings. The molecule has 2 aromatic carbocycles. The van der Waals surface area contributed by atoms with E-state index in [4.69, 9.17) is 33.2 Å². The largest absolute Gasteiger partial charge is 0.504 e. The lowest BCUT2D eigenvalue weighted by Gasteiger charge is -2.25. The normalized spacial score (nSPS) is 24.5. The Kier molecular flexibility index (Phi) is 7.24. The molecule has 4 rings (SSSR count). The lowest BCUT2D eigenvalue weighted by molar-refractivity contribution is -0.176. The highest BCUT2D eigenvalue weighted by atomic mass is 16.8. The van der Waals surface area contributed by atoms with Crippen LogP contribution in [0.2, 0.25) is 0 Å². The number of benzene rings is 2. The number of aromatic hydroxyl groups is 1. The third kappa shape index (κ3) is 4.53. The SMILES string of the molecule is COc1ccc(/C(=C2\O[C@@H]([C@H](O)CO)[C@H]3OC(C)(C)O[C@@H]23)c2cc(OC)c(OC)c(OC)c2)cc1O. The molecular formula is C26H32O10. The van der Waals surface area contributed by atoms with Crippen LogP contribution in [0.25, 0.3) is 5.57 Å². The minimum atomic E-state index is -1.21. The highest BCUT2D eigenvalue weighted by molar-refractivity contribution is 5.85. The third-order valence-corrected chi connectivity index (χ3v) is 6.21. The molecule has 196 valence electrons. The van der Waals surface area contributed by atoms with Gasteiger partial charge in [0.15, 0.2) is 34.9 Å². The summed E-state index contributed by atoms with van der Waals surface area (Å²) in [5.41, 5.74) is 1.72. The maximum Gasteiger partial charge on any atom is 0.203 e. The zero-order valence-electron chi connectivity index (χ0n) is 21.1. The summed E-state index contributed by atoms with van der Waals surface area (Å²) in [5, 5.41) is 30.7. The number of ether oxygens (including phenoxy) is 7. The van der Waals surface area contributed by atoms with Crippen LogP contribution >= 0.6 is 0 Å². The van der Waals surface area contributed by atoms with Crippen molar-refractivity contribution in [2.45, 2.75) is 44.1 Å². The first kappa shape index (κ1) is 25.9. The average Bonchev–Trinajstić information content (AvgIpc) is 3.36. The van der Waals surface area contributed by atoms with Crippen molar-refractivity contribution in [3.8, 4) is 28.7 Å². The van der Waals surface area contributed by atoms with E-state index in [1.165, 1.54) is 28.4 Å². The minimum absolute atomic E-state index is 0.0778. The van der Waals surface area contributed by atoms with Crippen molar-refractivity contribution in [1.82, 2.24) is 0 Å². The number of phenolic OH excluding ortho intramolecular Hbond substituents is 1. The van der Waals surface area contributed by atoms with E-state index in [0.717, 1.165) is 0 Å². The second kappa shape index (κ2) is 10.1. The number of hydrogen-bond acceptors (Lipinski definition) is 10. The molecule has 4 atom stereocenters. The fourth-order valence-electron chi connectivity index (χ4n) is 4.64. The van der Waals surface area contributed by atoms with Gasteiger partial charge in [-0.2, -0.15) is 0 Å². The molecule has 0 spiro atoms. The molecule has 2 fully saturated rings. The van der Waals surface area contributed by atoms with Crippen LogP contribution in [0, 0.1) is 0 Å². The van der Waals surface area contributed by atoms with Crippen LogP contribution in [-0.2, 0) is 14.2 Å². The first-order valence-corrected chi connectivity index (χ1v) is 11.4. The van der Waals surface area contributed by atoms with E-state index in [1.54, 1.807) is 44.2 Å². The Morgan fingerprint density at radius 1 is 0.917 bits per heavy atom. The third-order valence-electron chi connectivity index (χ3n) is 6.21. The van der Waals surface area contributed by atoms with Crippen molar-refractivity contribution >= 4 is 5.57 Å². The van der Waals surface area contributed by atoms with Gasteiger partial charge in [0.1, 0.15) is 24.1 Å². The molecule has 10 nitrogen and oxygen atoms in total. The Morgan fingerprint density at radius 3 is 2.08 bits per heavy atom. The van der Waals surface area contributed by atoms with Gasteiger partial charge in [-0.15, -0.1) is 0 Å². The molecule has 0 aromatic heterocycles. The van der Waals surface area contributed by atoms with E-state index in [-0.39, 0.29) is 5.75 Å². The summed E-state index contributed by atoms with van der Waals surface area (Å²) in [5.74, 6) is 0.855. The molecule has 0 bridgehead atoms. The van der Waals surface area contributed by atoms with Gasteiger partial charge >= 0.3 is 0 Å². The van der Waals surface area contributed by atoms with Crippen LogP contribution in [-0.4, -0.2) is 80.6 Å². The van der Waals surface area contributed by atoms with E-state index in [9.17, 15) is 15.3 Å². The number of aliphatic hydroxyl groups is 2. The average molecular weight is 505 g/mol. The maximum absolute atomic E-state index is 10.6. The lowest BCUT2D eigenvalue weighted by Crippen LogP contribution is -2.40. The predicted molar refractivity (Wildman–Crippen MR) is 129 cm³/mol. The number of methoxy groups -OCH3 is 4. The highest BCUT2D eigenvalue weighted by Gasteiger charge is 2.56. The molecule has 3 N–H and O–H groups in total. The Hall–Kier alpha value is -3.18. The molecule has 10 heteroatoms. The first-order chi connectivity index (χ1) is 17.2. The van der Waals surface area contributed by atoms with Gasteiger partial charge in [0.25, 0.3) is 0 Å². The van der Waals surface area contributed by atoms with Crippen molar-refractivity contribution in [1.29, 1.82) is 0 Å². The number of phenols is 1. The van der Waals surface area contributed by atoms with E-state index in [1.807, 2.05) is 0 Å². The fraction of sp³-hybridized carbons (Fsp3) is 0.462. The molecule has 2 aromatic rings. The van der Waals surface area contributed by atoms with Gasteiger partial charge in [0.2, 0.25) is 5.75 Å². The van der Waals surface area contributed by atoms with Crippen LogP contribution in [0.5, 0.6) is 28.7 Å². The van der Waals surface area contributed by atoms with Crippen LogP contribution in [0.15, 0.2) is 36.1 Å². The van der Waals surface area contributed by atoms with Crippen molar-refractivity contribution in [3.63, 3.8) is 0 Å². The summed E-state index contributed by atoms with van der Waals surface area (Å²) in [6.45, 7) is 3.01. The Morgan fingerprint density at radius 2 is 1.56 bits per heavy atom. The lowest BCUT2D eigenvalue weighted by atomic mass is 9.93. The summed E-state index contributed by atoms with van der Waals surface area (Å²) in [7, 11) is 6.00. The Labute approximate surface area is 209 Å². The van der Waals surface area contributed by atoms with Crippen molar-refractivity contribution in [2.75, 3.05) is 35.0 Å². The van der Waals surface area contributed by atoms with Gasteiger partial charge in [-0.25, -0.2) is 0 Å². The Bertz CT molecular complexity index is 1120. The van der Waals surface area contributed by atoms with Gasteiger partial charge in [-0.05, 0) is 49.2 Å². The van der Waals surface area contributed by atoms with Crippen molar-refractivity contribution < 1.29 is 48.5 Å². The summed E-state index contributed by atoms with van der Waals surface area (Å²) in [6, 6.07) is 8.43. The maximum atomic E-state index is 10.6. The van der Waals surface area contributed by atoms with E-state index in [0.29, 0.717) is 45.5 Å². The van der Waals surface area contributed by atoms with Gasteiger partial charge < -0.3 is 48.5 Å². The molecule has 0 aliphatic carbocycles. The van der Waals surface area contributed by atoms with Crippen molar-refractivity contribution in [2.24, 2.45) is 0 Å². The minimum Gasteiger partial charge on any atom is -0.504 e. The van der Waals surface area contributed by atoms with Gasteiger partial charge in [-0.1, -0.05) is 6.07 Å². The number of rotatable bonds is 8. The van der Waals surface area contributed by atoms with Crippen LogP contribution in [0.4, 0.5) is 0 Å². The summed E-state index contributed by atoms with van der Waals surface area (Å²) in [6.07, 6.45) is -3.48. The molecule has 0 amide bonds.